The van der Waals surface area contributed by atoms with Crippen molar-refractivity contribution >= 4 is 11.6 Å². The van der Waals surface area contributed by atoms with Crippen LogP contribution in [0.25, 0.3) is 0 Å². The number of hydrogen-bond donors (Lipinski definition) is 2. The highest BCUT2D eigenvalue weighted by molar-refractivity contribution is 5.95. The molecule has 0 atom stereocenters. The molecule has 0 unspecified atom stereocenters. The summed E-state index contributed by atoms with van der Waals surface area (Å²) in [6.45, 7) is 4.34. The van der Waals surface area contributed by atoms with Crippen LogP contribution in [0.3, 0.4) is 0 Å². The Morgan fingerprint density at radius 2 is 2.19 bits per heavy atom. The maximum absolute atomic E-state index is 12.1. The Hall–Kier alpha value is -1.42. The molecular formula is C12H19N3O. The number of aromatic nitrogens is 1. The standard InChI is InChI=1S/C12H19N3O/c1-3-12(4-2,9-13)11(16)15-10-6-5-7-14-8-10/h5-8H,3-4,9,13H2,1-2H3,(H,15,16). The Morgan fingerprint density at radius 1 is 1.50 bits per heavy atom. The third-order valence-electron chi connectivity index (χ3n) is 3.15. The van der Waals surface area contributed by atoms with E-state index < -0.39 is 5.41 Å². The van der Waals surface area contributed by atoms with Crippen LogP contribution >= 0.6 is 0 Å². The minimum absolute atomic E-state index is 0.0204. The molecule has 4 nitrogen and oxygen atoms in total. The molecule has 88 valence electrons. The first-order valence-electron chi connectivity index (χ1n) is 5.60. The van der Waals surface area contributed by atoms with Gasteiger partial charge >= 0.3 is 0 Å². The Bertz CT molecular complexity index is 325. The van der Waals surface area contributed by atoms with Crippen LogP contribution in [0.2, 0.25) is 0 Å². The van der Waals surface area contributed by atoms with Crippen molar-refractivity contribution in [1.82, 2.24) is 4.98 Å². The van der Waals surface area contributed by atoms with Crippen LogP contribution in [-0.4, -0.2) is 17.4 Å². The van der Waals surface area contributed by atoms with Crippen LogP contribution in [0.1, 0.15) is 26.7 Å². The van der Waals surface area contributed by atoms with Crippen LogP contribution in [0.15, 0.2) is 24.5 Å². The molecule has 0 saturated carbocycles. The third kappa shape index (κ3) is 2.58. The summed E-state index contributed by atoms with van der Waals surface area (Å²) in [5, 5.41) is 2.85. The molecule has 0 saturated heterocycles. The monoisotopic (exact) mass is 221 g/mol. The predicted molar refractivity (Wildman–Crippen MR) is 64.9 cm³/mol. The zero-order valence-corrected chi connectivity index (χ0v) is 9.86. The number of anilines is 1. The van der Waals surface area contributed by atoms with E-state index in [0.717, 1.165) is 12.8 Å². The maximum Gasteiger partial charge on any atom is 0.231 e. The van der Waals surface area contributed by atoms with E-state index in [1.54, 1.807) is 18.5 Å². The number of carbonyl (C=O) groups is 1. The first-order chi connectivity index (χ1) is 7.68. The zero-order valence-electron chi connectivity index (χ0n) is 9.86. The van der Waals surface area contributed by atoms with Gasteiger partial charge in [0.15, 0.2) is 0 Å². The summed E-state index contributed by atoms with van der Waals surface area (Å²) in [6, 6.07) is 3.61. The second-order valence-corrected chi connectivity index (χ2v) is 3.89. The molecule has 0 fully saturated rings. The smallest absolute Gasteiger partial charge is 0.231 e. The summed E-state index contributed by atoms with van der Waals surface area (Å²) >= 11 is 0. The maximum atomic E-state index is 12.1. The Morgan fingerprint density at radius 3 is 2.62 bits per heavy atom. The van der Waals surface area contributed by atoms with Gasteiger partial charge in [0.2, 0.25) is 5.91 Å². The normalized spacial score (nSPS) is 11.2. The van der Waals surface area contributed by atoms with E-state index in [4.69, 9.17) is 5.73 Å². The number of carbonyl (C=O) groups excluding carboxylic acids is 1. The second kappa shape index (κ2) is 5.61. The van der Waals surface area contributed by atoms with Gasteiger partial charge in [0.25, 0.3) is 0 Å². The van der Waals surface area contributed by atoms with Crippen molar-refractivity contribution < 1.29 is 4.79 Å². The van der Waals surface area contributed by atoms with Gasteiger partial charge in [-0.3, -0.25) is 9.78 Å². The van der Waals surface area contributed by atoms with E-state index in [9.17, 15) is 4.79 Å². The van der Waals surface area contributed by atoms with Crippen LogP contribution < -0.4 is 11.1 Å². The lowest BCUT2D eigenvalue weighted by atomic mass is 9.81. The molecule has 1 rings (SSSR count). The van der Waals surface area contributed by atoms with E-state index >= 15 is 0 Å². The van der Waals surface area contributed by atoms with Gasteiger partial charge in [-0.2, -0.15) is 0 Å². The first kappa shape index (κ1) is 12.6. The molecule has 0 aliphatic carbocycles. The fraction of sp³-hybridized carbons (Fsp3) is 0.500. The van der Waals surface area contributed by atoms with Gasteiger partial charge in [-0.25, -0.2) is 0 Å². The highest BCUT2D eigenvalue weighted by Gasteiger charge is 2.33. The summed E-state index contributed by atoms with van der Waals surface area (Å²) in [7, 11) is 0. The van der Waals surface area contributed by atoms with E-state index in [-0.39, 0.29) is 5.91 Å². The Labute approximate surface area is 96.3 Å². The zero-order chi connectivity index (χ0) is 12.0. The van der Waals surface area contributed by atoms with Gasteiger partial charge in [0.1, 0.15) is 0 Å². The molecule has 0 aliphatic rings. The van der Waals surface area contributed by atoms with Crippen LogP contribution in [0.5, 0.6) is 0 Å². The van der Waals surface area contributed by atoms with Crippen LogP contribution in [-0.2, 0) is 4.79 Å². The third-order valence-corrected chi connectivity index (χ3v) is 3.15. The van der Waals surface area contributed by atoms with Crippen molar-refractivity contribution in [2.24, 2.45) is 11.1 Å². The largest absolute Gasteiger partial charge is 0.329 e. The number of amides is 1. The van der Waals surface area contributed by atoms with Crippen LogP contribution in [0.4, 0.5) is 5.69 Å². The minimum atomic E-state index is -0.462. The average molecular weight is 221 g/mol. The first-order valence-corrected chi connectivity index (χ1v) is 5.60. The van der Waals surface area contributed by atoms with E-state index in [2.05, 4.69) is 10.3 Å². The van der Waals surface area contributed by atoms with Gasteiger partial charge in [-0.15, -0.1) is 0 Å². The Balaban J connectivity index is 2.78. The molecule has 0 spiro atoms. The Kier molecular flexibility index (Phi) is 4.43. The second-order valence-electron chi connectivity index (χ2n) is 3.89. The number of nitrogens with zero attached hydrogens (tertiary/aromatic N) is 1. The molecule has 1 amide bonds. The van der Waals surface area contributed by atoms with Gasteiger partial charge in [0, 0.05) is 12.7 Å². The molecule has 16 heavy (non-hydrogen) atoms. The molecule has 0 aromatic carbocycles. The molecule has 1 aromatic heterocycles. The lowest BCUT2D eigenvalue weighted by Crippen LogP contribution is -2.41. The summed E-state index contributed by atoms with van der Waals surface area (Å²) in [4.78, 5) is 16.1. The van der Waals surface area contributed by atoms with E-state index in [1.165, 1.54) is 0 Å². The number of nitrogens with one attached hydrogen (secondary N) is 1. The lowest BCUT2D eigenvalue weighted by molar-refractivity contribution is -0.125. The predicted octanol–water partition coefficient (Wildman–Crippen LogP) is 1.79. The van der Waals surface area contributed by atoms with Crippen molar-refractivity contribution in [2.45, 2.75) is 26.7 Å². The molecule has 1 heterocycles. The van der Waals surface area contributed by atoms with Crippen LogP contribution in [0, 0.1) is 5.41 Å². The summed E-state index contributed by atoms with van der Waals surface area (Å²) in [5.41, 5.74) is 5.96. The van der Waals surface area contributed by atoms with Crippen molar-refractivity contribution in [1.29, 1.82) is 0 Å². The highest BCUT2D eigenvalue weighted by Crippen LogP contribution is 2.26. The molecule has 1 aromatic rings. The summed E-state index contributed by atoms with van der Waals surface area (Å²) in [6.07, 6.45) is 4.79. The van der Waals surface area contributed by atoms with Gasteiger partial charge < -0.3 is 11.1 Å². The molecule has 4 heteroatoms. The van der Waals surface area contributed by atoms with Gasteiger partial charge in [-0.05, 0) is 25.0 Å². The molecule has 3 N–H and O–H groups in total. The molecule has 0 aliphatic heterocycles. The van der Waals surface area contributed by atoms with Gasteiger partial charge in [-0.1, -0.05) is 13.8 Å². The van der Waals surface area contributed by atoms with Crippen molar-refractivity contribution in [3.8, 4) is 0 Å². The number of hydrogen-bond acceptors (Lipinski definition) is 3. The minimum Gasteiger partial charge on any atom is -0.329 e. The molecule has 0 radical (unpaired) electrons. The lowest BCUT2D eigenvalue weighted by Gasteiger charge is -2.28. The van der Waals surface area contributed by atoms with E-state index in [1.807, 2.05) is 19.9 Å². The van der Waals surface area contributed by atoms with Crippen molar-refractivity contribution in [2.75, 3.05) is 11.9 Å². The van der Waals surface area contributed by atoms with E-state index in [0.29, 0.717) is 12.2 Å². The van der Waals surface area contributed by atoms with Gasteiger partial charge in [0.05, 0.1) is 17.3 Å². The number of nitrogens with two attached hydrogens (primary N) is 1. The number of pyridine rings is 1. The quantitative estimate of drug-likeness (QED) is 0.796. The summed E-state index contributed by atoms with van der Waals surface area (Å²) < 4.78 is 0. The average Bonchev–Trinajstić information content (AvgIpc) is 2.33. The highest BCUT2D eigenvalue weighted by atomic mass is 16.2. The number of rotatable bonds is 5. The molecule has 0 bridgehead atoms. The SMILES string of the molecule is CCC(CC)(CN)C(=O)Nc1cccnc1. The van der Waals surface area contributed by atoms with Crippen molar-refractivity contribution in [3.63, 3.8) is 0 Å². The molecular weight excluding hydrogens is 202 g/mol. The fourth-order valence-corrected chi connectivity index (χ4v) is 1.65. The van der Waals surface area contributed by atoms with Crippen molar-refractivity contribution in [3.05, 3.63) is 24.5 Å². The fourth-order valence-electron chi connectivity index (χ4n) is 1.65. The summed E-state index contributed by atoms with van der Waals surface area (Å²) in [5.74, 6) is -0.0204. The topological polar surface area (TPSA) is 68.0 Å².